The molecular formula is C63H98BrN17O16. The number of aliphatic hydroxyl groups is 2. The number of phenolic OH excluding ortho intramolecular Hbond substituents is 1. The lowest BCUT2D eigenvalue weighted by atomic mass is 10.0. The van der Waals surface area contributed by atoms with Gasteiger partial charge in [0, 0.05) is 23.2 Å². The number of oxime groups is 1. The molecule has 2 saturated heterocycles. The second-order valence-corrected chi connectivity index (χ2v) is 24.8. The van der Waals surface area contributed by atoms with E-state index in [2.05, 4.69) is 68.9 Å². The second-order valence-electron chi connectivity index (χ2n) is 23.9. The third-order valence-electron chi connectivity index (χ3n) is 16.1. The van der Waals surface area contributed by atoms with Crippen LogP contribution >= 0.6 is 15.9 Å². The van der Waals surface area contributed by atoms with Gasteiger partial charge in [-0.25, -0.2) is 0 Å². The number of nitrogens with zero attached hydrogens (tertiary/aromatic N) is 3. The van der Waals surface area contributed by atoms with Crippen LogP contribution in [0.15, 0.2) is 52.1 Å². The highest BCUT2D eigenvalue weighted by atomic mass is 79.9. The maximum absolute atomic E-state index is 14.5. The zero-order valence-corrected chi connectivity index (χ0v) is 56.8. The Balaban J connectivity index is 1.39. The zero-order chi connectivity index (χ0) is 71.7. The summed E-state index contributed by atoms with van der Waals surface area (Å²) in [4.78, 5) is 170. The number of unbranched alkanes of at least 4 members (excludes halogenated alkanes) is 4. The largest absolute Gasteiger partial charge is 0.507 e. The van der Waals surface area contributed by atoms with E-state index in [4.69, 9.17) is 33.5 Å². The fourth-order valence-electron chi connectivity index (χ4n) is 10.9. The summed E-state index contributed by atoms with van der Waals surface area (Å²) in [6, 6.07) is 0.542. The highest BCUT2D eigenvalue weighted by Gasteiger charge is 2.42. The molecule has 2 aliphatic rings. The van der Waals surface area contributed by atoms with Gasteiger partial charge in [-0.15, -0.1) is 0 Å². The Hall–Kier alpha value is -8.41. The smallest absolute Gasteiger partial charge is 0.261 e. The topological polar surface area (TPSA) is 532 Å². The Morgan fingerprint density at radius 1 is 0.577 bits per heavy atom. The zero-order valence-electron chi connectivity index (χ0n) is 55.2. The number of phenols is 1. The Labute approximate surface area is 571 Å². The fourth-order valence-corrected chi connectivity index (χ4v) is 11.2. The van der Waals surface area contributed by atoms with Gasteiger partial charge in [-0.1, -0.05) is 33.2 Å². The van der Waals surface area contributed by atoms with Gasteiger partial charge in [0.25, 0.3) is 11.8 Å². The predicted molar refractivity (Wildman–Crippen MR) is 360 cm³/mol. The van der Waals surface area contributed by atoms with Crippen LogP contribution in [0.25, 0.3) is 0 Å². The first-order valence-corrected chi connectivity index (χ1v) is 33.5. The minimum absolute atomic E-state index is 0.0377. The second kappa shape index (κ2) is 42.3. The number of benzene rings is 2. The van der Waals surface area contributed by atoms with Gasteiger partial charge in [0.2, 0.25) is 59.1 Å². The number of anilines is 1. The number of likely N-dealkylation sites (tertiary alicyclic amines) is 2. The number of hydrogen-bond acceptors (Lipinski definition) is 21. The molecule has 12 amide bonds. The maximum atomic E-state index is 14.5. The van der Waals surface area contributed by atoms with Crippen molar-refractivity contribution in [3.8, 4) is 5.75 Å². The highest BCUT2D eigenvalue weighted by Crippen LogP contribution is 2.25. The van der Waals surface area contributed by atoms with Crippen LogP contribution in [0.5, 0.6) is 5.75 Å². The number of nitrogens with one attached hydrogen (secondary N) is 9. The summed E-state index contributed by atoms with van der Waals surface area (Å²) in [5, 5.41) is 58.6. The summed E-state index contributed by atoms with van der Waals surface area (Å²) in [5.41, 5.74) is 29.5. The summed E-state index contributed by atoms with van der Waals surface area (Å²) < 4.78 is 0.599. The standard InChI is InChI=1S/C63H98BrN17O16/c1-36(39-20-23-41(24-21-39)72-55(88)42-32-40(64)22-25-49(42)84)79-97-35-52(87)78-54(38(3)83)61(94)76-46(17-7-11-29-68)63(96)81-31-13-19-48(81)59(92)74-44(15-5-9-27-66)57(90)71-34-51(86)77-53(37(2)82)60(93)75-45(16-6-10-28-67)62(95)80-30-12-18-47(80)58(91)73-43(14-4-8-26-65)56(89)70-33-50(69)85/h20-25,32,37-38,43-48,53-54,82-84H,4-19,26-31,33-35,65-68H2,1-3H3,(H2,69,85)(H,70,89)(H,71,90)(H,72,88)(H,73,91)(H,74,92)(H,75,93)(H,76,94)(H,77,86)(H,78,87)/b79-36+/t37-,38-,43+,44+,45+,46+,47+,48+,53+,54+/m1/s1. The molecule has 34 heteroatoms. The predicted octanol–water partition coefficient (Wildman–Crippen LogP) is -2.97. The molecule has 0 aliphatic carbocycles. The number of carbonyl (C=O) groups excluding carboxylic acids is 12. The van der Waals surface area contributed by atoms with Crippen molar-refractivity contribution in [1.29, 1.82) is 0 Å². The monoisotopic (exact) mass is 1430 g/mol. The molecule has 538 valence electrons. The van der Waals surface area contributed by atoms with Crippen molar-refractivity contribution in [2.24, 2.45) is 33.8 Å². The Kier molecular flexibility index (Phi) is 35.3. The lowest BCUT2D eigenvalue weighted by Crippen LogP contribution is -2.60. The minimum Gasteiger partial charge on any atom is -0.507 e. The van der Waals surface area contributed by atoms with Gasteiger partial charge in [0.15, 0.2) is 6.61 Å². The number of aromatic hydroxyl groups is 1. The van der Waals surface area contributed by atoms with E-state index >= 15 is 0 Å². The fraction of sp³-hybridized carbons (Fsp3) is 0.603. The van der Waals surface area contributed by atoms with Crippen LogP contribution in [0, 0.1) is 0 Å². The van der Waals surface area contributed by atoms with Crippen LogP contribution < -0.4 is 76.5 Å². The van der Waals surface area contributed by atoms with Crippen molar-refractivity contribution >= 4 is 98.2 Å². The van der Waals surface area contributed by atoms with Gasteiger partial charge in [0.05, 0.1) is 36.6 Å². The molecule has 10 atom stereocenters. The maximum Gasteiger partial charge on any atom is 0.261 e. The number of nitrogens with two attached hydrogens (primary N) is 5. The summed E-state index contributed by atoms with van der Waals surface area (Å²) >= 11 is 3.28. The summed E-state index contributed by atoms with van der Waals surface area (Å²) in [7, 11) is 0. The van der Waals surface area contributed by atoms with Crippen molar-refractivity contribution in [3.05, 3.63) is 58.1 Å². The molecule has 2 aromatic carbocycles. The van der Waals surface area contributed by atoms with Crippen LogP contribution in [0.4, 0.5) is 5.69 Å². The van der Waals surface area contributed by atoms with E-state index in [-0.39, 0.29) is 82.6 Å². The minimum atomic E-state index is -1.67. The number of rotatable bonds is 42. The van der Waals surface area contributed by atoms with Crippen molar-refractivity contribution in [3.63, 3.8) is 0 Å². The molecule has 97 heavy (non-hydrogen) atoms. The third kappa shape index (κ3) is 26.8. The molecule has 0 spiro atoms. The van der Waals surface area contributed by atoms with Gasteiger partial charge >= 0.3 is 0 Å². The van der Waals surface area contributed by atoms with E-state index in [1.54, 1.807) is 37.3 Å². The summed E-state index contributed by atoms with van der Waals surface area (Å²) in [6.07, 6.45) is 1.79. The molecule has 2 aromatic rings. The number of aliphatic hydroxyl groups excluding tert-OH is 2. The first-order chi connectivity index (χ1) is 46.2. The molecule has 4 rings (SSSR count). The Morgan fingerprint density at radius 2 is 1.01 bits per heavy atom. The molecule has 0 radical (unpaired) electrons. The average molecular weight is 1430 g/mol. The van der Waals surface area contributed by atoms with Crippen molar-refractivity contribution in [2.45, 2.75) is 184 Å². The van der Waals surface area contributed by atoms with Gasteiger partial charge < -0.3 is 106 Å². The van der Waals surface area contributed by atoms with E-state index in [1.807, 2.05) is 0 Å². The van der Waals surface area contributed by atoms with Crippen molar-refractivity contribution < 1.29 is 77.7 Å². The van der Waals surface area contributed by atoms with Gasteiger partial charge in [-0.2, -0.15) is 0 Å². The molecule has 33 nitrogen and oxygen atoms in total. The van der Waals surface area contributed by atoms with E-state index in [9.17, 15) is 72.9 Å². The van der Waals surface area contributed by atoms with Gasteiger partial charge in [0.1, 0.15) is 54.1 Å². The first-order valence-electron chi connectivity index (χ1n) is 32.7. The van der Waals surface area contributed by atoms with Crippen LogP contribution in [-0.4, -0.2) is 221 Å². The van der Waals surface area contributed by atoms with Crippen LogP contribution in [0.1, 0.15) is 139 Å². The quantitative estimate of drug-likeness (QED) is 0.0179. The molecule has 0 unspecified atom stereocenters. The molecule has 0 bridgehead atoms. The Morgan fingerprint density at radius 3 is 1.44 bits per heavy atom. The summed E-state index contributed by atoms with van der Waals surface area (Å²) in [6.45, 7) is 3.43. The lowest BCUT2D eigenvalue weighted by molar-refractivity contribution is -0.143. The molecular weight excluding hydrogens is 1330 g/mol. The summed E-state index contributed by atoms with van der Waals surface area (Å²) in [5.74, 6) is -9.41. The molecule has 2 fully saturated rings. The van der Waals surface area contributed by atoms with E-state index < -0.39 is 151 Å². The number of amides is 12. The lowest BCUT2D eigenvalue weighted by Gasteiger charge is -2.31. The van der Waals surface area contributed by atoms with Gasteiger partial charge in [-0.05, 0) is 186 Å². The van der Waals surface area contributed by atoms with E-state index in [0.717, 1.165) is 0 Å². The van der Waals surface area contributed by atoms with Crippen LogP contribution in [0.3, 0.4) is 0 Å². The normalized spacial score (nSPS) is 16.9. The first kappa shape index (κ1) is 81.0. The van der Waals surface area contributed by atoms with Crippen LogP contribution in [0.2, 0.25) is 0 Å². The van der Waals surface area contributed by atoms with E-state index in [0.29, 0.717) is 92.2 Å². The van der Waals surface area contributed by atoms with Crippen LogP contribution in [-0.2, 0) is 57.6 Å². The molecule has 2 aliphatic heterocycles. The number of hydrogen-bond donors (Lipinski definition) is 17. The number of primary amides is 1. The third-order valence-corrected chi connectivity index (χ3v) is 16.6. The average Bonchev–Trinajstić information content (AvgIpc) is 1.77. The number of halogens is 1. The molecule has 22 N–H and O–H groups in total. The highest BCUT2D eigenvalue weighted by molar-refractivity contribution is 9.10. The molecule has 0 aromatic heterocycles. The van der Waals surface area contributed by atoms with Crippen molar-refractivity contribution in [2.75, 3.05) is 64.3 Å². The van der Waals surface area contributed by atoms with Crippen molar-refractivity contribution in [1.82, 2.24) is 52.3 Å². The SMILES string of the molecule is C/C(=N\OCC(=O)N[C@H](C(=O)N[C@@H](CCCCN)C(=O)N1CCC[C@H]1C(=O)N[C@@H](CCCCN)C(=O)NCC(=O)N[C@H](C(=O)N[C@@H](CCCCN)C(=O)N1CCC[C@H]1C(=O)N[C@@H](CCCCN)C(=O)NCC(N)=O)[C@@H](C)O)[C@@H](C)O)c1ccc(NC(=O)c2cc(Br)ccc2O)cc1. The molecule has 0 saturated carbocycles. The van der Waals surface area contributed by atoms with Gasteiger partial charge in [-0.3, -0.25) is 57.5 Å². The Bertz CT molecular complexity index is 3030. The molecule has 2 heterocycles. The van der Waals surface area contributed by atoms with E-state index in [1.165, 1.54) is 35.8 Å². The number of carbonyl (C=O) groups is 12.